The molecule has 6 nitrogen and oxygen atoms in total. The lowest BCUT2D eigenvalue weighted by atomic mass is 9.97. The van der Waals surface area contributed by atoms with Crippen molar-refractivity contribution < 1.29 is 9.59 Å². The number of nitrogens with zero attached hydrogens (tertiary/aromatic N) is 1. The zero-order valence-corrected chi connectivity index (χ0v) is 15.6. The van der Waals surface area contributed by atoms with Gasteiger partial charge in [-0.15, -0.1) is 0 Å². The monoisotopic (exact) mass is 406 g/mol. The first-order chi connectivity index (χ1) is 12.0. The third kappa shape index (κ3) is 4.61. The van der Waals surface area contributed by atoms with Crippen LogP contribution in [0.5, 0.6) is 0 Å². The van der Waals surface area contributed by atoms with Crippen LogP contribution in [0.4, 0.5) is 0 Å². The number of piperidine rings is 1. The number of nitrogens with two attached hydrogens (primary N) is 1. The molecule has 3 rings (SSSR count). The average Bonchev–Trinajstić information content (AvgIpc) is 3.02. The van der Waals surface area contributed by atoms with Gasteiger partial charge >= 0.3 is 0 Å². The van der Waals surface area contributed by atoms with Crippen LogP contribution in [0.2, 0.25) is 0 Å². The van der Waals surface area contributed by atoms with Gasteiger partial charge in [0, 0.05) is 28.5 Å². The second kappa shape index (κ2) is 8.01. The van der Waals surface area contributed by atoms with E-state index < -0.39 is 0 Å². The maximum atomic E-state index is 12.3. The standard InChI is InChI=1S/C18H23BrN4O2/c19-14-5-4-12-9-16(22-15(12)10-14)18(25)21-6-2-8-23-7-1-3-13(11-23)17(20)24/h4-5,9-10,13,22H,1-3,6-8,11H2,(H2,20,24)(H,21,25). The van der Waals surface area contributed by atoms with Gasteiger partial charge in [0.2, 0.25) is 5.91 Å². The number of primary amides is 1. The lowest BCUT2D eigenvalue weighted by Gasteiger charge is -2.31. The van der Waals surface area contributed by atoms with Crippen molar-refractivity contribution in [2.24, 2.45) is 11.7 Å². The number of carbonyl (C=O) groups excluding carboxylic acids is 2. The lowest BCUT2D eigenvalue weighted by molar-refractivity contribution is -0.123. The zero-order chi connectivity index (χ0) is 17.8. The van der Waals surface area contributed by atoms with Crippen LogP contribution >= 0.6 is 15.9 Å². The molecule has 0 bridgehead atoms. The summed E-state index contributed by atoms with van der Waals surface area (Å²) in [7, 11) is 0. The fourth-order valence-electron chi connectivity index (χ4n) is 3.31. The number of hydrogen-bond donors (Lipinski definition) is 3. The fourth-order valence-corrected chi connectivity index (χ4v) is 3.67. The van der Waals surface area contributed by atoms with Crippen molar-refractivity contribution >= 4 is 38.6 Å². The molecular formula is C18H23BrN4O2. The second-order valence-electron chi connectivity index (χ2n) is 6.57. The Balaban J connectivity index is 1.45. The van der Waals surface area contributed by atoms with Crippen LogP contribution < -0.4 is 11.1 Å². The van der Waals surface area contributed by atoms with Gasteiger partial charge in [0.25, 0.3) is 5.91 Å². The molecule has 1 atom stereocenters. The van der Waals surface area contributed by atoms with E-state index in [1.807, 2.05) is 24.3 Å². The summed E-state index contributed by atoms with van der Waals surface area (Å²) < 4.78 is 0.976. The highest BCUT2D eigenvalue weighted by Crippen LogP contribution is 2.20. The van der Waals surface area contributed by atoms with Crippen LogP contribution in [-0.4, -0.2) is 47.9 Å². The van der Waals surface area contributed by atoms with E-state index in [9.17, 15) is 9.59 Å². The number of H-pyrrole nitrogens is 1. The molecule has 1 aliphatic rings. The normalized spacial score (nSPS) is 18.4. The molecule has 1 saturated heterocycles. The number of halogens is 1. The molecule has 1 aliphatic heterocycles. The SMILES string of the molecule is NC(=O)C1CCCN(CCCNC(=O)c2cc3ccc(Br)cc3[nH]2)C1. The van der Waals surface area contributed by atoms with E-state index in [-0.39, 0.29) is 17.7 Å². The minimum Gasteiger partial charge on any atom is -0.369 e. The topological polar surface area (TPSA) is 91.2 Å². The summed E-state index contributed by atoms with van der Waals surface area (Å²) in [5.74, 6) is -0.335. The molecule has 1 aromatic carbocycles. The number of aromatic amines is 1. The predicted octanol–water partition coefficient (Wildman–Crippen LogP) is 2.25. The molecule has 1 unspecified atom stereocenters. The molecule has 134 valence electrons. The molecule has 7 heteroatoms. The molecule has 0 spiro atoms. The first kappa shape index (κ1) is 17.9. The maximum absolute atomic E-state index is 12.3. The number of fused-ring (bicyclic) bond motifs is 1. The van der Waals surface area contributed by atoms with E-state index in [0.29, 0.717) is 12.2 Å². The molecule has 25 heavy (non-hydrogen) atoms. The fraction of sp³-hybridized carbons (Fsp3) is 0.444. The lowest BCUT2D eigenvalue weighted by Crippen LogP contribution is -2.42. The second-order valence-corrected chi connectivity index (χ2v) is 7.48. The zero-order valence-electron chi connectivity index (χ0n) is 14.1. The van der Waals surface area contributed by atoms with Gasteiger partial charge in [0.15, 0.2) is 0 Å². The minimum atomic E-state index is -0.205. The van der Waals surface area contributed by atoms with Crippen molar-refractivity contribution in [1.82, 2.24) is 15.2 Å². The Labute approximate surface area is 155 Å². The maximum Gasteiger partial charge on any atom is 0.267 e. The van der Waals surface area contributed by atoms with Crippen molar-refractivity contribution in [2.75, 3.05) is 26.2 Å². The summed E-state index contributed by atoms with van der Waals surface area (Å²) in [6.45, 7) is 3.20. The number of rotatable bonds is 6. The molecule has 1 aromatic heterocycles. The summed E-state index contributed by atoms with van der Waals surface area (Å²) in [4.78, 5) is 29.0. The summed E-state index contributed by atoms with van der Waals surface area (Å²) in [6.07, 6.45) is 2.74. The Morgan fingerprint density at radius 2 is 2.20 bits per heavy atom. The van der Waals surface area contributed by atoms with E-state index in [0.717, 1.165) is 54.3 Å². The van der Waals surface area contributed by atoms with Gasteiger partial charge in [0.1, 0.15) is 5.69 Å². The largest absolute Gasteiger partial charge is 0.369 e. The molecule has 2 amide bonds. The van der Waals surface area contributed by atoms with E-state index in [4.69, 9.17) is 5.73 Å². The van der Waals surface area contributed by atoms with Crippen LogP contribution in [0.25, 0.3) is 10.9 Å². The van der Waals surface area contributed by atoms with Crippen LogP contribution in [0.1, 0.15) is 29.8 Å². The van der Waals surface area contributed by atoms with Gasteiger partial charge < -0.3 is 20.9 Å². The summed E-state index contributed by atoms with van der Waals surface area (Å²) in [5, 5.41) is 3.96. The molecule has 4 N–H and O–H groups in total. The van der Waals surface area contributed by atoms with Crippen molar-refractivity contribution in [3.63, 3.8) is 0 Å². The Morgan fingerprint density at radius 3 is 3.00 bits per heavy atom. The third-order valence-corrected chi connectivity index (χ3v) is 5.17. The number of benzene rings is 1. The van der Waals surface area contributed by atoms with Gasteiger partial charge in [-0.05, 0) is 50.6 Å². The highest BCUT2D eigenvalue weighted by atomic mass is 79.9. The third-order valence-electron chi connectivity index (χ3n) is 4.67. The summed E-state index contributed by atoms with van der Waals surface area (Å²) >= 11 is 3.43. The molecule has 0 saturated carbocycles. The first-order valence-corrected chi connectivity index (χ1v) is 9.40. The Bertz CT molecular complexity index is 774. The Morgan fingerprint density at radius 1 is 1.36 bits per heavy atom. The summed E-state index contributed by atoms with van der Waals surface area (Å²) in [5.41, 5.74) is 6.91. The molecule has 2 heterocycles. The molecule has 1 fully saturated rings. The van der Waals surface area contributed by atoms with E-state index in [1.165, 1.54) is 0 Å². The smallest absolute Gasteiger partial charge is 0.267 e. The van der Waals surface area contributed by atoms with Gasteiger partial charge in [-0.2, -0.15) is 0 Å². The average molecular weight is 407 g/mol. The number of aromatic nitrogens is 1. The van der Waals surface area contributed by atoms with Crippen LogP contribution in [0.15, 0.2) is 28.7 Å². The van der Waals surface area contributed by atoms with Gasteiger partial charge in [-0.3, -0.25) is 9.59 Å². The number of amides is 2. The van der Waals surface area contributed by atoms with Crippen molar-refractivity contribution in [1.29, 1.82) is 0 Å². The highest BCUT2D eigenvalue weighted by Gasteiger charge is 2.23. The quantitative estimate of drug-likeness (QED) is 0.642. The molecule has 0 aliphatic carbocycles. The van der Waals surface area contributed by atoms with Gasteiger partial charge in [-0.25, -0.2) is 0 Å². The molecule has 0 radical (unpaired) electrons. The number of nitrogens with one attached hydrogen (secondary N) is 2. The summed E-state index contributed by atoms with van der Waals surface area (Å²) in [6, 6.07) is 7.74. The molecular weight excluding hydrogens is 384 g/mol. The van der Waals surface area contributed by atoms with Crippen LogP contribution in [0, 0.1) is 5.92 Å². The van der Waals surface area contributed by atoms with Crippen molar-refractivity contribution in [3.05, 3.63) is 34.4 Å². The van der Waals surface area contributed by atoms with Crippen LogP contribution in [-0.2, 0) is 4.79 Å². The first-order valence-electron chi connectivity index (χ1n) is 8.61. The van der Waals surface area contributed by atoms with E-state index in [1.54, 1.807) is 0 Å². The van der Waals surface area contributed by atoms with E-state index >= 15 is 0 Å². The number of hydrogen-bond acceptors (Lipinski definition) is 3. The van der Waals surface area contributed by atoms with Gasteiger partial charge in [-0.1, -0.05) is 22.0 Å². The number of carbonyl (C=O) groups is 2. The number of likely N-dealkylation sites (tertiary alicyclic amines) is 1. The Kier molecular flexibility index (Phi) is 5.75. The highest BCUT2D eigenvalue weighted by molar-refractivity contribution is 9.10. The van der Waals surface area contributed by atoms with Crippen LogP contribution in [0.3, 0.4) is 0 Å². The van der Waals surface area contributed by atoms with Crippen molar-refractivity contribution in [3.8, 4) is 0 Å². The molecule has 2 aromatic rings. The Hall–Kier alpha value is -1.86. The van der Waals surface area contributed by atoms with E-state index in [2.05, 4.69) is 31.1 Å². The van der Waals surface area contributed by atoms with Gasteiger partial charge in [0.05, 0.1) is 5.92 Å². The predicted molar refractivity (Wildman–Crippen MR) is 101 cm³/mol. The minimum absolute atomic E-state index is 0.0333. The van der Waals surface area contributed by atoms with Crippen molar-refractivity contribution in [2.45, 2.75) is 19.3 Å².